The van der Waals surface area contributed by atoms with Crippen molar-refractivity contribution in [2.45, 2.75) is 38.8 Å². The van der Waals surface area contributed by atoms with Gasteiger partial charge in [0.2, 0.25) is 15.9 Å². The van der Waals surface area contributed by atoms with Crippen molar-refractivity contribution in [1.29, 1.82) is 0 Å². The number of benzene rings is 3. The number of sulfonamides is 1. The molecule has 0 atom stereocenters. The Morgan fingerprint density at radius 2 is 1.39 bits per heavy atom. The van der Waals surface area contributed by atoms with Crippen molar-refractivity contribution >= 4 is 27.5 Å². The number of carbonyl (C=O) groups excluding carboxylic acids is 1. The summed E-state index contributed by atoms with van der Waals surface area (Å²) >= 11 is 6.00. The van der Waals surface area contributed by atoms with Gasteiger partial charge >= 0.3 is 0 Å². The predicted octanol–water partition coefficient (Wildman–Crippen LogP) is 5.11. The summed E-state index contributed by atoms with van der Waals surface area (Å²) in [7, 11) is -2.25. The Labute approximate surface area is 201 Å². The second-order valence-corrected chi connectivity index (χ2v) is 10.7. The second kappa shape index (κ2) is 10.5. The first-order valence-electron chi connectivity index (χ1n) is 10.7. The monoisotopic (exact) mass is 484 g/mol. The second-order valence-electron chi connectivity index (χ2n) is 8.36. The van der Waals surface area contributed by atoms with Gasteiger partial charge in [0.15, 0.2) is 0 Å². The molecule has 174 valence electrons. The molecule has 0 aliphatic carbocycles. The highest BCUT2D eigenvalue weighted by atomic mass is 35.5. The molecule has 0 spiro atoms. The summed E-state index contributed by atoms with van der Waals surface area (Å²) in [6.07, 6.45) is 0. The highest BCUT2D eigenvalue weighted by Gasteiger charge is 2.30. The van der Waals surface area contributed by atoms with Crippen LogP contribution >= 0.6 is 11.6 Å². The summed E-state index contributed by atoms with van der Waals surface area (Å²) in [6, 6.07) is 20.3. The van der Waals surface area contributed by atoms with E-state index in [9.17, 15) is 13.2 Å². The first kappa shape index (κ1) is 25.0. The fourth-order valence-electron chi connectivity index (χ4n) is 3.94. The maximum absolute atomic E-state index is 13.8. The van der Waals surface area contributed by atoms with Gasteiger partial charge < -0.3 is 4.90 Å². The van der Waals surface area contributed by atoms with E-state index >= 15 is 0 Å². The summed E-state index contributed by atoms with van der Waals surface area (Å²) in [5.74, 6) is -0.279. The van der Waals surface area contributed by atoms with Crippen LogP contribution in [-0.4, -0.2) is 37.1 Å². The quantitative estimate of drug-likeness (QED) is 0.446. The third kappa shape index (κ3) is 6.22. The SMILES string of the molecule is Cc1cc(C)c(S(=O)(=O)N(CC(=O)N(C)Cc2ccccc2)Cc2ccc(Cl)cc2)c(C)c1. The third-order valence-electron chi connectivity index (χ3n) is 5.47. The Hall–Kier alpha value is -2.67. The molecule has 1 amide bonds. The Bertz CT molecular complexity index is 1200. The van der Waals surface area contributed by atoms with Crippen LogP contribution in [0.1, 0.15) is 27.8 Å². The van der Waals surface area contributed by atoms with Gasteiger partial charge in [0, 0.05) is 25.2 Å². The lowest BCUT2D eigenvalue weighted by atomic mass is 10.1. The van der Waals surface area contributed by atoms with Crippen LogP contribution in [0.4, 0.5) is 0 Å². The number of rotatable bonds is 8. The maximum Gasteiger partial charge on any atom is 0.244 e. The zero-order valence-corrected chi connectivity index (χ0v) is 20.9. The summed E-state index contributed by atoms with van der Waals surface area (Å²) in [5, 5.41) is 0.567. The number of hydrogen-bond acceptors (Lipinski definition) is 3. The van der Waals surface area contributed by atoms with Gasteiger partial charge in [-0.25, -0.2) is 8.42 Å². The largest absolute Gasteiger partial charge is 0.340 e. The highest BCUT2D eigenvalue weighted by Crippen LogP contribution is 2.27. The summed E-state index contributed by atoms with van der Waals surface area (Å²) in [6.45, 7) is 5.71. The van der Waals surface area contributed by atoms with Crippen molar-refractivity contribution in [3.8, 4) is 0 Å². The molecular formula is C26H29ClN2O3S. The first-order chi connectivity index (χ1) is 15.6. The molecule has 33 heavy (non-hydrogen) atoms. The summed E-state index contributed by atoms with van der Waals surface area (Å²) < 4.78 is 28.9. The van der Waals surface area contributed by atoms with Gasteiger partial charge in [-0.3, -0.25) is 4.79 Å². The molecule has 0 fully saturated rings. The van der Waals surface area contributed by atoms with E-state index in [0.717, 1.165) is 16.7 Å². The lowest BCUT2D eigenvalue weighted by molar-refractivity contribution is -0.130. The van der Waals surface area contributed by atoms with Crippen molar-refractivity contribution < 1.29 is 13.2 Å². The molecule has 5 nitrogen and oxygen atoms in total. The molecule has 0 unspecified atom stereocenters. The fourth-order valence-corrected chi connectivity index (χ4v) is 5.85. The van der Waals surface area contributed by atoms with Gasteiger partial charge in [0.25, 0.3) is 0 Å². The van der Waals surface area contributed by atoms with E-state index in [-0.39, 0.29) is 23.9 Å². The Kier molecular flexibility index (Phi) is 7.95. The normalized spacial score (nSPS) is 11.6. The van der Waals surface area contributed by atoms with Gasteiger partial charge in [0.1, 0.15) is 0 Å². The van der Waals surface area contributed by atoms with Gasteiger partial charge in [-0.15, -0.1) is 0 Å². The maximum atomic E-state index is 13.8. The van der Waals surface area contributed by atoms with Crippen LogP contribution in [0.3, 0.4) is 0 Å². The number of carbonyl (C=O) groups is 1. The average molecular weight is 485 g/mol. The van der Waals surface area contributed by atoms with E-state index in [0.29, 0.717) is 22.7 Å². The minimum atomic E-state index is -3.94. The van der Waals surface area contributed by atoms with Crippen LogP contribution in [0.15, 0.2) is 71.6 Å². The number of likely N-dealkylation sites (N-methyl/N-ethyl adjacent to an activating group) is 1. The van der Waals surface area contributed by atoms with E-state index in [2.05, 4.69) is 0 Å². The van der Waals surface area contributed by atoms with Crippen molar-refractivity contribution in [2.24, 2.45) is 0 Å². The van der Waals surface area contributed by atoms with Gasteiger partial charge in [-0.2, -0.15) is 4.31 Å². The lowest BCUT2D eigenvalue weighted by Crippen LogP contribution is -2.41. The third-order valence-corrected chi connectivity index (χ3v) is 7.82. The van der Waals surface area contributed by atoms with Crippen molar-refractivity contribution in [3.05, 3.63) is 99.6 Å². The number of aryl methyl sites for hydroxylation is 3. The average Bonchev–Trinajstić information content (AvgIpc) is 2.74. The molecule has 0 aliphatic rings. The summed E-state index contributed by atoms with van der Waals surface area (Å²) in [5.41, 5.74) is 4.05. The standard InChI is InChI=1S/C26H29ClN2O3S/c1-19-14-20(2)26(21(3)15-19)33(31,32)29(17-23-10-12-24(27)13-11-23)18-25(30)28(4)16-22-8-6-5-7-9-22/h5-15H,16-18H2,1-4H3. The molecule has 0 saturated heterocycles. The lowest BCUT2D eigenvalue weighted by Gasteiger charge is -2.26. The molecule has 0 aromatic heterocycles. The van der Waals surface area contributed by atoms with Crippen molar-refractivity contribution in [2.75, 3.05) is 13.6 Å². The molecule has 3 rings (SSSR count). The number of hydrogen-bond donors (Lipinski definition) is 0. The number of nitrogens with zero attached hydrogens (tertiary/aromatic N) is 2. The first-order valence-corrected chi connectivity index (χ1v) is 12.5. The van der Waals surface area contributed by atoms with Crippen LogP contribution in [-0.2, 0) is 27.9 Å². The molecule has 0 N–H and O–H groups in total. The zero-order valence-electron chi connectivity index (χ0n) is 19.4. The molecule has 7 heteroatoms. The van der Waals surface area contributed by atoms with E-state index in [4.69, 9.17) is 11.6 Å². The van der Waals surface area contributed by atoms with Gasteiger partial charge in [-0.05, 0) is 55.2 Å². The van der Waals surface area contributed by atoms with E-state index in [1.54, 1.807) is 50.1 Å². The van der Waals surface area contributed by atoms with Crippen LogP contribution in [0.5, 0.6) is 0 Å². The van der Waals surface area contributed by atoms with E-state index < -0.39 is 10.0 Å². The Morgan fingerprint density at radius 1 is 0.848 bits per heavy atom. The molecule has 0 bridgehead atoms. The fraction of sp³-hybridized carbons (Fsp3) is 0.269. The molecule has 0 saturated carbocycles. The smallest absolute Gasteiger partial charge is 0.244 e. The summed E-state index contributed by atoms with van der Waals surface area (Å²) in [4.78, 5) is 14.9. The predicted molar refractivity (Wildman–Crippen MR) is 133 cm³/mol. The molecule has 0 heterocycles. The van der Waals surface area contributed by atoms with Crippen LogP contribution in [0, 0.1) is 20.8 Å². The Morgan fingerprint density at radius 3 is 1.97 bits per heavy atom. The van der Waals surface area contributed by atoms with Crippen molar-refractivity contribution in [3.63, 3.8) is 0 Å². The minimum absolute atomic E-state index is 0.0666. The number of amides is 1. The van der Waals surface area contributed by atoms with Crippen LogP contribution < -0.4 is 0 Å². The molecular weight excluding hydrogens is 456 g/mol. The molecule has 3 aromatic rings. The van der Waals surface area contributed by atoms with Crippen LogP contribution in [0.25, 0.3) is 0 Å². The Balaban J connectivity index is 1.93. The van der Waals surface area contributed by atoms with E-state index in [1.807, 2.05) is 49.4 Å². The van der Waals surface area contributed by atoms with Gasteiger partial charge in [-0.1, -0.05) is 71.8 Å². The van der Waals surface area contributed by atoms with Crippen LogP contribution in [0.2, 0.25) is 5.02 Å². The van der Waals surface area contributed by atoms with Crippen molar-refractivity contribution in [1.82, 2.24) is 9.21 Å². The molecule has 0 aliphatic heterocycles. The topological polar surface area (TPSA) is 57.7 Å². The highest BCUT2D eigenvalue weighted by molar-refractivity contribution is 7.89. The van der Waals surface area contributed by atoms with Gasteiger partial charge in [0.05, 0.1) is 11.4 Å². The minimum Gasteiger partial charge on any atom is -0.340 e. The molecule has 3 aromatic carbocycles. The molecule has 0 radical (unpaired) electrons. The van der Waals surface area contributed by atoms with E-state index in [1.165, 1.54) is 4.31 Å². The zero-order chi connectivity index (χ0) is 24.2. The number of halogens is 1.